The van der Waals surface area contributed by atoms with Crippen LogP contribution in [0.25, 0.3) is 0 Å². The lowest BCUT2D eigenvalue weighted by Gasteiger charge is -2.42. The molecule has 0 bridgehead atoms. The largest absolute Gasteiger partial charge is 0.481 e. The molecule has 2 rings (SSSR count). The first-order valence-corrected chi connectivity index (χ1v) is 10.7. The highest BCUT2D eigenvalue weighted by Crippen LogP contribution is 2.44. The minimum absolute atomic E-state index is 0.0546. The number of ether oxygens (including phenoxy) is 1. The first kappa shape index (κ1) is 23.6. The van der Waals surface area contributed by atoms with Gasteiger partial charge in [-0.15, -0.1) is 0 Å². The predicted octanol–water partition coefficient (Wildman–Crippen LogP) is 3.47. The fourth-order valence-corrected chi connectivity index (χ4v) is 4.37. The summed E-state index contributed by atoms with van der Waals surface area (Å²) in [5.74, 6) is -0.665. The van der Waals surface area contributed by atoms with Gasteiger partial charge in [0, 0.05) is 5.92 Å². The molecule has 0 aliphatic heterocycles. The highest BCUT2D eigenvalue weighted by Gasteiger charge is 2.41. The number of aliphatic hydroxyl groups excluding tert-OH is 2. The van der Waals surface area contributed by atoms with Crippen LogP contribution in [0.5, 0.6) is 0 Å². The molecule has 0 heterocycles. The quantitative estimate of drug-likeness (QED) is 0.531. The van der Waals surface area contributed by atoms with Crippen LogP contribution in [-0.4, -0.2) is 45.6 Å². The summed E-state index contributed by atoms with van der Waals surface area (Å²) in [6, 6.07) is 0. The fraction of sp³-hybridized carbons (Fsp3) is 0.739. The number of aliphatic carboxylic acids is 1. The van der Waals surface area contributed by atoms with Crippen molar-refractivity contribution in [2.24, 2.45) is 23.2 Å². The Balaban J connectivity index is 2.05. The van der Waals surface area contributed by atoms with Crippen molar-refractivity contribution in [3.8, 4) is 0 Å². The fourth-order valence-electron chi connectivity index (χ4n) is 4.37. The molecule has 6 unspecified atom stereocenters. The van der Waals surface area contributed by atoms with Crippen molar-refractivity contribution in [1.82, 2.24) is 0 Å². The Hall–Kier alpha value is -1.66. The highest BCUT2D eigenvalue weighted by atomic mass is 16.5. The van der Waals surface area contributed by atoms with Crippen LogP contribution >= 0.6 is 0 Å². The number of carboxylic acids is 1. The molecule has 0 amide bonds. The van der Waals surface area contributed by atoms with E-state index in [1.54, 1.807) is 0 Å². The molecule has 0 aromatic rings. The van der Waals surface area contributed by atoms with Crippen molar-refractivity contribution in [2.75, 3.05) is 0 Å². The Morgan fingerprint density at radius 3 is 2.55 bits per heavy atom. The third-order valence-electron chi connectivity index (χ3n) is 6.00. The van der Waals surface area contributed by atoms with E-state index in [0.29, 0.717) is 6.42 Å². The number of fused-ring (bicyclic) bond motifs is 1. The molecule has 29 heavy (non-hydrogen) atoms. The number of carboxylic acid groups (broad SMARTS) is 1. The smallest absolute Gasteiger partial charge is 0.311 e. The van der Waals surface area contributed by atoms with E-state index in [-0.39, 0.29) is 42.7 Å². The first-order chi connectivity index (χ1) is 13.5. The normalized spacial score (nSPS) is 28.8. The van der Waals surface area contributed by atoms with Crippen molar-refractivity contribution in [3.05, 3.63) is 23.8 Å². The van der Waals surface area contributed by atoms with Crippen molar-refractivity contribution in [2.45, 2.75) is 84.5 Å². The molecule has 2 aliphatic rings. The average molecular weight is 409 g/mol. The number of carbonyl (C=O) groups excluding carboxylic acids is 1. The van der Waals surface area contributed by atoms with Crippen molar-refractivity contribution in [3.63, 3.8) is 0 Å². The highest BCUT2D eigenvalue weighted by molar-refractivity contribution is 5.75. The van der Waals surface area contributed by atoms with Crippen LogP contribution in [-0.2, 0) is 14.3 Å². The minimum Gasteiger partial charge on any atom is -0.481 e. The number of carbonyl (C=O) groups is 2. The summed E-state index contributed by atoms with van der Waals surface area (Å²) in [4.78, 5) is 23.2. The SMILES string of the molecule is CC1C=CC2=CCCC(OC(=O)C(C)(C)C)C2C1CCC(O)CC(O)CC(=O)O. The number of allylic oxidation sites excluding steroid dienone is 3. The second-order valence-corrected chi connectivity index (χ2v) is 9.60. The summed E-state index contributed by atoms with van der Waals surface area (Å²) in [5.41, 5.74) is 0.648. The zero-order valence-corrected chi connectivity index (χ0v) is 18.0. The van der Waals surface area contributed by atoms with Gasteiger partial charge in [0.15, 0.2) is 0 Å². The van der Waals surface area contributed by atoms with Crippen molar-refractivity contribution in [1.29, 1.82) is 0 Å². The van der Waals surface area contributed by atoms with Crippen LogP contribution in [0.4, 0.5) is 0 Å². The number of hydrogen-bond donors (Lipinski definition) is 3. The van der Waals surface area contributed by atoms with Crippen LogP contribution in [0, 0.1) is 23.2 Å². The van der Waals surface area contributed by atoms with E-state index >= 15 is 0 Å². The minimum atomic E-state index is -1.07. The molecule has 6 atom stereocenters. The molecule has 6 heteroatoms. The second kappa shape index (κ2) is 9.90. The maximum Gasteiger partial charge on any atom is 0.311 e. The Morgan fingerprint density at radius 1 is 1.24 bits per heavy atom. The molecule has 0 saturated heterocycles. The monoisotopic (exact) mass is 408 g/mol. The summed E-state index contributed by atoms with van der Waals surface area (Å²) < 4.78 is 5.94. The summed E-state index contributed by atoms with van der Waals surface area (Å²) in [6.07, 6.45) is 7.12. The average Bonchev–Trinajstić information content (AvgIpc) is 2.59. The van der Waals surface area contributed by atoms with E-state index in [2.05, 4.69) is 25.2 Å². The van der Waals surface area contributed by atoms with Gasteiger partial charge in [0.2, 0.25) is 0 Å². The standard InChI is InChI=1S/C23H36O6/c1-14-8-9-15-6-5-7-19(29-22(28)23(2,3)4)21(15)18(14)11-10-16(24)12-17(25)13-20(26)27/h6,8-9,14,16-19,21,24-25H,5,7,10-13H2,1-4H3,(H,26,27). The van der Waals surface area contributed by atoms with E-state index in [1.165, 1.54) is 5.57 Å². The van der Waals surface area contributed by atoms with Crippen LogP contribution in [0.2, 0.25) is 0 Å². The molecule has 164 valence electrons. The molecule has 6 nitrogen and oxygen atoms in total. The molecule has 0 spiro atoms. The van der Waals surface area contributed by atoms with Gasteiger partial charge in [-0.2, -0.15) is 0 Å². The molecule has 0 aromatic heterocycles. The number of rotatable bonds is 8. The lowest BCUT2D eigenvalue weighted by atomic mass is 9.66. The number of hydrogen-bond acceptors (Lipinski definition) is 5. The van der Waals surface area contributed by atoms with Gasteiger partial charge < -0.3 is 20.1 Å². The van der Waals surface area contributed by atoms with Gasteiger partial charge in [-0.05, 0) is 70.3 Å². The Labute approximate surface area is 173 Å². The first-order valence-electron chi connectivity index (χ1n) is 10.7. The van der Waals surface area contributed by atoms with Crippen molar-refractivity contribution < 1.29 is 29.6 Å². The predicted molar refractivity (Wildman–Crippen MR) is 110 cm³/mol. The summed E-state index contributed by atoms with van der Waals surface area (Å²) in [7, 11) is 0. The summed E-state index contributed by atoms with van der Waals surface area (Å²) >= 11 is 0. The second-order valence-electron chi connectivity index (χ2n) is 9.60. The number of aliphatic hydroxyl groups is 2. The van der Waals surface area contributed by atoms with Crippen LogP contribution in [0.3, 0.4) is 0 Å². The summed E-state index contributed by atoms with van der Waals surface area (Å²) in [6.45, 7) is 7.71. The van der Waals surface area contributed by atoms with Gasteiger partial charge in [0.1, 0.15) is 6.10 Å². The van der Waals surface area contributed by atoms with Gasteiger partial charge in [0.25, 0.3) is 0 Å². The maximum atomic E-state index is 12.5. The van der Waals surface area contributed by atoms with E-state index < -0.39 is 23.6 Å². The van der Waals surface area contributed by atoms with E-state index in [0.717, 1.165) is 19.3 Å². The zero-order chi connectivity index (χ0) is 21.8. The third kappa shape index (κ3) is 6.68. The lowest BCUT2D eigenvalue weighted by molar-refractivity contribution is -0.163. The third-order valence-corrected chi connectivity index (χ3v) is 6.00. The molecular weight excluding hydrogens is 372 g/mol. The molecule has 2 aliphatic carbocycles. The van der Waals surface area contributed by atoms with Crippen molar-refractivity contribution >= 4 is 11.9 Å². The van der Waals surface area contributed by atoms with Gasteiger partial charge in [-0.25, -0.2) is 0 Å². The maximum absolute atomic E-state index is 12.5. The van der Waals surface area contributed by atoms with Gasteiger partial charge in [0.05, 0.1) is 24.0 Å². The number of esters is 1. The van der Waals surface area contributed by atoms with Gasteiger partial charge in [-0.1, -0.05) is 25.2 Å². The van der Waals surface area contributed by atoms with E-state index in [1.807, 2.05) is 20.8 Å². The lowest BCUT2D eigenvalue weighted by Crippen LogP contribution is -2.41. The molecular formula is C23H36O6. The van der Waals surface area contributed by atoms with Gasteiger partial charge in [-0.3, -0.25) is 9.59 Å². The molecule has 0 fully saturated rings. The van der Waals surface area contributed by atoms with Gasteiger partial charge >= 0.3 is 11.9 Å². The Morgan fingerprint density at radius 2 is 1.93 bits per heavy atom. The molecule has 0 radical (unpaired) electrons. The molecule has 0 saturated carbocycles. The van der Waals surface area contributed by atoms with E-state index in [9.17, 15) is 19.8 Å². The van der Waals surface area contributed by atoms with Crippen LogP contribution in [0.1, 0.15) is 66.2 Å². The van der Waals surface area contributed by atoms with Crippen LogP contribution < -0.4 is 0 Å². The molecule has 3 N–H and O–H groups in total. The van der Waals surface area contributed by atoms with E-state index in [4.69, 9.17) is 9.84 Å². The Kier molecular flexibility index (Phi) is 8.06. The molecule has 0 aromatic carbocycles. The zero-order valence-electron chi connectivity index (χ0n) is 18.0. The summed E-state index contributed by atoms with van der Waals surface area (Å²) in [5, 5.41) is 28.8. The topological polar surface area (TPSA) is 104 Å². The Bertz CT molecular complexity index is 644. The van der Waals surface area contributed by atoms with Crippen LogP contribution in [0.15, 0.2) is 23.8 Å².